The van der Waals surface area contributed by atoms with Crippen molar-refractivity contribution in [2.45, 2.75) is 18.6 Å². The van der Waals surface area contributed by atoms with E-state index in [4.69, 9.17) is 0 Å². The molecule has 29 heavy (non-hydrogen) atoms. The molecule has 0 aromatic heterocycles. The van der Waals surface area contributed by atoms with E-state index in [1.165, 1.54) is 12.1 Å². The predicted octanol–water partition coefficient (Wildman–Crippen LogP) is 3.11. The number of halogens is 5. The van der Waals surface area contributed by atoms with E-state index in [2.05, 4.69) is 20.7 Å². The van der Waals surface area contributed by atoms with Crippen LogP contribution in [0.1, 0.15) is 11.5 Å². The quantitative estimate of drug-likeness (QED) is 0.657. The van der Waals surface area contributed by atoms with Crippen LogP contribution in [0.4, 0.5) is 32.4 Å². The van der Waals surface area contributed by atoms with Gasteiger partial charge in [-0.2, -0.15) is 8.78 Å². The highest BCUT2D eigenvalue weighted by Crippen LogP contribution is 2.32. The molecular formula is C18H14F5N3O3. The van der Waals surface area contributed by atoms with Crippen LogP contribution in [-0.2, 0) is 4.79 Å². The Kier molecular flexibility index (Phi) is 5.85. The summed E-state index contributed by atoms with van der Waals surface area (Å²) in [5.41, 5.74) is -0.332. The summed E-state index contributed by atoms with van der Waals surface area (Å²) >= 11 is 0. The Bertz CT molecular complexity index is 900. The molecule has 1 aliphatic rings. The van der Waals surface area contributed by atoms with E-state index in [-0.39, 0.29) is 12.2 Å². The minimum atomic E-state index is -3.26. The van der Waals surface area contributed by atoms with Crippen molar-refractivity contribution < 1.29 is 36.3 Å². The van der Waals surface area contributed by atoms with Crippen LogP contribution in [0.15, 0.2) is 36.4 Å². The Labute approximate surface area is 161 Å². The third-order valence-corrected chi connectivity index (χ3v) is 4.22. The van der Waals surface area contributed by atoms with Gasteiger partial charge in [0.25, 0.3) is 0 Å². The fourth-order valence-electron chi connectivity index (χ4n) is 2.98. The van der Waals surface area contributed by atoms with Crippen molar-refractivity contribution in [1.82, 2.24) is 10.6 Å². The number of rotatable bonds is 5. The summed E-state index contributed by atoms with van der Waals surface area (Å²) in [7, 11) is 0. The number of hydrogen-bond acceptors (Lipinski definition) is 3. The van der Waals surface area contributed by atoms with Crippen LogP contribution in [-0.4, -0.2) is 31.1 Å². The summed E-state index contributed by atoms with van der Waals surface area (Å²) in [6.45, 7) is -3.46. The number of alkyl halides is 2. The summed E-state index contributed by atoms with van der Waals surface area (Å²) in [6, 6.07) is 3.72. The minimum absolute atomic E-state index is 0.191. The predicted molar refractivity (Wildman–Crippen MR) is 91.1 cm³/mol. The molecule has 2 aromatic carbocycles. The molecule has 11 heteroatoms. The lowest BCUT2D eigenvalue weighted by Crippen LogP contribution is -2.45. The highest BCUT2D eigenvalue weighted by Gasteiger charge is 2.40. The van der Waals surface area contributed by atoms with Crippen LogP contribution < -0.4 is 20.7 Å². The Balaban J connectivity index is 1.78. The highest BCUT2D eigenvalue weighted by molar-refractivity contribution is 5.95. The van der Waals surface area contributed by atoms with Crippen LogP contribution in [0.5, 0.6) is 5.75 Å². The molecule has 2 aromatic rings. The van der Waals surface area contributed by atoms with Gasteiger partial charge in [0.15, 0.2) is 0 Å². The first-order valence-corrected chi connectivity index (χ1v) is 8.29. The van der Waals surface area contributed by atoms with Crippen molar-refractivity contribution in [2.75, 3.05) is 11.9 Å². The normalized spacial score (nSPS) is 18.5. The second-order valence-electron chi connectivity index (χ2n) is 6.11. The summed E-state index contributed by atoms with van der Waals surface area (Å²) in [6.07, 6.45) is 0. The molecule has 1 saturated heterocycles. The first-order valence-electron chi connectivity index (χ1n) is 8.29. The monoisotopic (exact) mass is 415 g/mol. The zero-order chi connectivity index (χ0) is 21.1. The molecule has 2 atom stereocenters. The minimum Gasteiger partial charge on any atom is -0.435 e. The maximum atomic E-state index is 14.4. The first-order chi connectivity index (χ1) is 13.7. The lowest BCUT2D eigenvalue weighted by Gasteiger charge is -2.20. The fraction of sp³-hybridized carbons (Fsp3) is 0.222. The van der Waals surface area contributed by atoms with Crippen LogP contribution in [0.25, 0.3) is 0 Å². The number of hydrogen-bond donors (Lipinski definition) is 3. The van der Waals surface area contributed by atoms with Crippen molar-refractivity contribution in [3.8, 4) is 5.75 Å². The Morgan fingerprint density at radius 2 is 1.72 bits per heavy atom. The number of benzene rings is 2. The largest absolute Gasteiger partial charge is 0.435 e. The van der Waals surface area contributed by atoms with E-state index in [1.54, 1.807) is 0 Å². The molecule has 1 heterocycles. The summed E-state index contributed by atoms with van der Waals surface area (Å²) in [4.78, 5) is 24.2. The number of anilines is 1. The molecule has 0 radical (unpaired) electrons. The number of nitrogens with one attached hydrogen (secondary N) is 3. The molecule has 0 saturated carbocycles. The third kappa shape index (κ3) is 4.73. The third-order valence-electron chi connectivity index (χ3n) is 4.22. The van der Waals surface area contributed by atoms with Crippen LogP contribution in [0, 0.1) is 17.5 Å². The maximum absolute atomic E-state index is 14.4. The van der Waals surface area contributed by atoms with E-state index in [0.717, 1.165) is 12.1 Å². The van der Waals surface area contributed by atoms with E-state index in [9.17, 15) is 31.5 Å². The summed E-state index contributed by atoms with van der Waals surface area (Å²) in [5.74, 6) is -5.45. The number of carbonyl (C=O) groups is 2. The molecule has 2 unspecified atom stereocenters. The molecule has 3 N–H and O–H groups in total. The fourth-order valence-corrected chi connectivity index (χ4v) is 2.98. The summed E-state index contributed by atoms with van der Waals surface area (Å²) in [5, 5.41) is 7.04. The van der Waals surface area contributed by atoms with E-state index in [1.807, 2.05) is 0 Å². The molecule has 0 aliphatic carbocycles. The molecule has 3 rings (SSSR count). The lowest BCUT2D eigenvalue weighted by molar-refractivity contribution is -0.120. The van der Waals surface area contributed by atoms with Gasteiger partial charge in [-0.3, -0.25) is 4.79 Å². The smallest absolute Gasteiger partial charge is 0.387 e. The van der Waals surface area contributed by atoms with Crippen molar-refractivity contribution in [2.24, 2.45) is 0 Å². The van der Waals surface area contributed by atoms with Gasteiger partial charge < -0.3 is 20.7 Å². The van der Waals surface area contributed by atoms with E-state index < -0.39 is 59.3 Å². The second-order valence-corrected chi connectivity index (χ2v) is 6.11. The van der Waals surface area contributed by atoms with Crippen LogP contribution in [0.2, 0.25) is 0 Å². The molecule has 1 aliphatic heterocycles. The molecule has 6 nitrogen and oxygen atoms in total. The molecule has 1 fully saturated rings. The van der Waals surface area contributed by atoms with E-state index in [0.29, 0.717) is 12.1 Å². The number of carbonyl (C=O) groups excluding carboxylic acids is 2. The number of ether oxygens (including phenoxy) is 1. The maximum Gasteiger partial charge on any atom is 0.387 e. The zero-order valence-electron chi connectivity index (χ0n) is 14.5. The number of amides is 3. The average Bonchev–Trinajstić information content (AvgIpc) is 2.96. The van der Waals surface area contributed by atoms with Gasteiger partial charge in [0.05, 0.1) is 0 Å². The van der Waals surface area contributed by atoms with Gasteiger partial charge in [-0.25, -0.2) is 18.0 Å². The van der Waals surface area contributed by atoms with Crippen LogP contribution in [0.3, 0.4) is 0 Å². The van der Waals surface area contributed by atoms with E-state index >= 15 is 0 Å². The molecule has 0 spiro atoms. The summed E-state index contributed by atoms with van der Waals surface area (Å²) < 4.78 is 70.1. The topological polar surface area (TPSA) is 79.5 Å². The van der Waals surface area contributed by atoms with Gasteiger partial charge in [-0.15, -0.1) is 0 Å². The highest BCUT2D eigenvalue weighted by atomic mass is 19.3. The second kappa shape index (κ2) is 8.33. The molecule has 3 amide bonds. The Morgan fingerprint density at radius 3 is 2.31 bits per heavy atom. The number of urea groups is 1. The molecular weight excluding hydrogens is 401 g/mol. The van der Waals surface area contributed by atoms with Crippen molar-refractivity contribution in [1.29, 1.82) is 0 Å². The molecule has 0 bridgehead atoms. The van der Waals surface area contributed by atoms with Gasteiger partial charge in [-0.1, -0.05) is 0 Å². The Hall–Kier alpha value is -3.37. The van der Waals surface area contributed by atoms with Gasteiger partial charge >= 0.3 is 12.6 Å². The SMILES string of the molecule is O=C(Nc1ccc(F)cc1)NC1C(=O)NCC1c1c(F)cc(OC(F)F)cc1F. The van der Waals surface area contributed by atoms with Gasteiger partial charge in [-0.05, 0) is 24.3 Å². The zero-order valence-corrected chi connectivity index (χ0v) is 14.5. The lowest BCUT2D eigenvalue weighted by atomic mass is 9.93. The van der Waals surface area contributed by atoms with Gasteiger partial charge in [0, 0.05) is 35.8 Å². The standard InChI is InChI=1S/C18H14F5N3O3/c19-8-1-3-9(4-2-8)25-18(28)26-15-11(7-24-16(15)27)14-12(20)5-10(6-13(14)21)29-17(22)23/h1-6,11,15,17H,7H2,(H,24,27)(H2,25,26,28). The van der Waals surface area contributed by atoms with Crippen molar-refractivity contribution >= 4 is 17.6 Å². The van der Waals surface area contributed by atoms with Gasteiger partial charge in [0.2, 0.25) is 5.91 Å². The van der Waals surface area contributed by atoms with Crippen LogP contribution >= 0.6 is 0 Å². The van der Waals surface area contributed by atoms with Gasteiger partial charge in [0.1, 0.15) is 29.2 Å². The van der Waals surface area contributed by atoms with Crippen molar-refractivity contribution in [3.63, 3.8) is 0 Å². The average molecular weight is 415 g/mol. The first kappa shape index (κ1) is 20.4. The van der Waals surface area contributed by atoms with Crippen molar-refractivity contribution in [3.05, 3.63) is 59.4 Å². The molecule has 154 valence electrons. The Morgan fingerprint density at radius 1 is 1.10 bits per heavy atom.